The molecule has 0 aromatic heterocycles. The normalized spacial score (nSPS) is 15.3. The Kier molecular flexibility index (Phi) is 7.91. The zero-order valence-corrected chi connectivity index (χ0v) is 16.9. The van der Waals surface area contributed by atoms with E-state index in [9.17, 15) is 23.3 Å². The molecule has 0 unspecified atom stereocenters. The van der Waals surface area contributed by atoms with Crippen LogP contribution in [0.3, 0.4) is 0 Å². The Labute approximate surface area is 163 Å². The van der Waals surface area contributed by atoms with E-state index in [2.05, 4.69) is 5.32 Å². The minimum absolute atomic E-state index is 0.0958. The number of thioether (sulfide) groups is 1. The highest BCUT2D eigenvalue weighted by molar-refractivity contribution is 7.99. The first kappa shape index (κ1) is 21.5. The quantitative estimate of drug-likeness (QED) is 0.377. The van der Waals surface area contributed by atoms with E-state index in [4.69, 9.17) is 0 Å². The zero-order chi connectivity index (χ0) is 19.9. The van der Waals surface area contributed by atoms with Crippen molar-refractivity contribution in [3.05, 3.63) is 34.4 Å². The number of amides is 1. The number of sulfonamides is 1. The Morgan fingerprint density at radius 2 is 2.04 bits per heavy atom. The van der Waals surface area contributed by atoms with Gasteiger partial charge in [-0.2, -0.15) is 11.8 Å². The molecule has 10 heteroatoms. The lowest BCUT2D eigenvalue weighted by Gasteiger charge is -2.22. The van der Waals surface area contributed by atoms with Crippen molar-refractivity contribution < 1.29 is 18.1 Å². The van der Waals surface area contributed by atoms with E-state index >= 15 is 0 Å². The number of non-ortho nitro benzene ring substituents is 1. The highest BCUT2D eigenvalue weighted by Crippen LogP contribution is 2.27. The van der Waals surface area contributed by atoms with E-state index in [0.29, 0.717) is 11.8 Å². The predicted octanol–water partition coefficient (Wildman–Crippen LogP) is 2.54. The number of carbonyl (C=O) groups is 1. The number of nitro benzene ring substituents is 1. The Bertz CT molecular complexity index is 764. The third-order valence-corrected chi connectivity index (χ3v) is 6.87. The molecular weight excluding hydrogens is 390 g/mol. The van der Waals surface area contributed by atoms with E-state index in [1.165, 1.54) is 50.3 Å². The summed E-state index contributed by atoms with van der Waals surface area (Å²) in [6.45, 7) is 0.0562. The number of nitro groups is 1. The third kappa shape index (κ3) is 7.02. The topological polar surface area (TPSA) is 110 Å². The van der Waals surface area contributed by atoms with Gasteiger partial charge in [0.05, 0.1) is 16.9 Å². The molecule has 0 bridgehead atoms. The molecule has 1 aliphatic rings. The maximum atomic E-state index is 12.2. The van der Waals surface area contributed by atoms with Crippen LogP contribution in [-0.2, 0) is 14.8 Å². The largest absolute Gasteiger partial charge is 0.354 e. The Balaban J connectivity index is 1.90. The molecular formula is C17H25N3O5S2. The minimum atomic E-state index is -3.76. The molecule has 0 saturated heterocycles. The van der Waals surface area contributed by atoms with Gasteiger partial charge >= 0.3 is 0 Å². The molecule has 0 aliphatic heterocycles. The fraction of sp³-hybridized carbons (Fsp3) is 0.588. The van der Waals surface area contributed by atoms with E-state index in [1.807, 2.05) is 11.8 Å². The van der Waals surface area contributed by atoms with Crippen molar-refractivity contribution >= 4 is 39.1 Å². The van der Waals surface area contributed by atoms with Gasteiger partial charge in [0, 0.05) is 29.7 Å². The first-order valence-corrected chi connectivity index (χ1v) is 11.8. The smallest absolute Gasteiger partial charge is 0.271 e. The van der Waals surface area contributed by atoms with Crippen LogP contribution in [0.5, 0.6) is 0 Å². The molecule has 0 spiro atoms. The Morgan fingerprint density at radius 1 is 1.33 bits per heavy atom. The summed E-state index contributed by atoms with van der Waals surface area (Å²) < 4.78 is 25.0. The average molecular weight is 416 g/mol. The van der Waals surface area contributed by atoms with E-state index < -0.39 is 27.4 Å². The number of nitrogens with zero attached hydrogens (tertiary/aromatic N) is 2. The van der Waals surface area contributed by atoms with Gasteiger partial charge in [0.15, 0.2) is 0 Å². The van der Waals surface area contributed by atoms with Crippen molar-refractivity contribution in [2.45, 2.75) is 37.4 Å². The summed E-state index contributed by atoms with van der Waals surface area (Å²) in [6, 6.07) is 5.24. The fourth-order valence-electron chi connectivity index (χ4n) is 3.00. The highest BCUT2D eigenvalue weighted by atomic mass is 32.2. The van der Waals surface area contributed by atoms with Crippen LogP contribution in [-0.4, -0.2) is 49.6 Å². The van der Waals surface area contributed by atoms with E-state index in [-0.39, 0.29) is 11.4 Å². The second-order valence-corrected chi connectivity index (χ2v) is 9.84. The van der Waals surface area contributed by atoms with Gasteiger partial charge in [-0.15, -0.1) is 0 Å². The maximum Gasteiger partial charge on any atom is 0.271 e. The number of nitrogens with one attached hydrogen (secondary N) is 1. The molecule has 1 aromatic carbocycles. The SMILES string of the molecule is CS(=O)(=O)N(CC(=O)NCCSC1CCCCC1)c1cccc([N+](=O)[O-])c1. The Morgan fingerprint density at radius 3 is 2.67 bits per heavy atom. The minimum Gasteiger partial charge on any atom is -0.354 e. The monoisotopic (exact) mass is 415 g/mol. The Hall–Kier alpha value is -1.81. The van der Waals surface area contributed by atoms with Crippen LogP contribution in [0.25, 0.3) is 0 Å². The van der Waals surface area contributed by atoms with Crippen LogP contribution in [0.1, 0.15) is 32.1 Å². The lowest BCUT2D eigenvalue weighted by Crippen LogP contribution is -2.41. The molecule has 27 heavy (non-hydrogen) atoms. The van der Waals surface area contributed by atoms with Gasteiger partial charge in [0.2, 0.25) is 15.9 Å². The second kappa shape index (κ2) is 9.93. The van der Waals surface area contributed by atoms with Crippen molar-refractivity contribution in [1.29, 1.82) is 0 Å². The summed E-state index contributed by atoms with van der Waals surface area (Å²) in [5.74, 6) is 0.350. The molecule has 8 nitrogen and oxygen atoms in total. The molecule has 0 radical (unpaired) electrons. The number of hydrogen-bond acceptors (Lipinski definition) is 6. The lowest BCUT2D eigenvalue weighted by atomic mass is 10.0. The molecule has 1 N–H and O–H groups in total. The molecule has 1 aromatic rings. The summed E-state index contributed by atoms with van der Waals surface area (Å²) in [4.78, 5) is 22.5. The number of hydrogen-bond donors (Lipinski definition) is 1. The van der Waals surface area contributed by atoms with Gasteiger partial charge in [0.1, 0.15) is 6.54 Å². The summed E-state index contributed by atoms with van der Waals surface area (Å²) in [5, 5.41) is 14.3. The van der Waals surface area contributed by atoms with Crippen molar-refractivity contribution in [3.8, 4) is 0 Å². The van der Waals surface area contributed by atoms with E-state index in [1.54, 1.807) is 0 Å². The third-order valence-electron chi connectivity index (χ3n) is 4.35. The maximum absolute atomic E-state index is 12.2. The first-order chi connectivity index (χ1) is 12.8. The number of benzene rings is 1. The van der Waals surface area contributed by atoms with Gasteiger partial charge in [0.25, 0.3) is 5.69 Å². The average Bonchev–Trinajstić information content (AvgIpc) is 2.63. The van der Waals surface area contributed by atoms with Crippen molar-refractivity contribution in [1.82, 2.24) is 5.32 Å². The predicted molar refractivity (Wildman–Crippen MR) is 108 cm³/mol. The van der Waals surface area contributed by atoms with Crippen molar-refractivity contribution in [3.63, 3.8) is 0 Å². The lowest BCUT2D eigenvalue weighted by molar-refractivity contribution is -0.384. The zero-order valence-electron chi connectivity index (χ0n) is 15.3. The van der Waals surface area contributed by atoms with Gasteiger partial charge in [-0.1, -0.05) is 25.3 Å². The molecule has 0 atom stereocenters. The second-order valence-electron chi connectivity index (χ2n) is 6.53. The summed E-state index contributed by atoms with van der Waals surface area (Å²) in [5.41, 5.74) is -0.135. The molecule has 1 aliphatic carbocycles. The summed E-state index contributed by atoms with van der Waals surface area (Å²) in [7, 11) is -3.76. The summed E-state index contributed by atoms with van der Waals surface area (Å²) in [6.07, 6.45) is 7.22. The molecule has 1 amide bonds. The van der Waals surface area contributed by atoms with Gasteiger partial charge in [-0.25, -0.2) is 8.42 Å². The van der Waals surface area contributed by atoms with Gasteiger partial charge in [-0.05, 0) is 18.9 Å². The molecule has 1 saturated carbocycles. The molecule has 150 valence electrons. The molecule has 0 heterocycles. The van der Waals surface area contributed by atoms with Crippen molar-refractivity contribution in [2.75, 3.05) is 29.4 Å². The number of anilines is 1. The van der Waals surface area contributed by atoms with Gasteiger partial charge < -0.3 is 5.32 Å². The van der Waals surface area contributed by atoms with Crippen LogP contribution < -0.4 is 9.62 Å². The van der Waals surface area contributed by atoms with Crippen LogP contribution in [0.4, 0.5) is 11.4 Å². The number of carbonyl (C=O) groups excluding carboxylic acids is 1. The summed E-state index contributed by atoms with van der Waals surface area (Å²) >= 11 is 1.84. The van der Waals surface area contributed by atoms with Gasteiger partial charge in [-0.3, -0.25) is 19.2 Å². The number of rotatable bonds is 9. The fourth-order valence-corrected chi connectivity index (χ4v) is 5.06. The van der Waals surface area contributed by atoms with Crippen LogP contribution >= 0.6 is 11.8 Å². The van der Waals surface area contributed by atoms with E-state index in [0.717, 1.165) is 22.4 Å². The van der Waals surface area contributed by atoms with Crippen LogP contribution in [0.15, 0.2) is 24.3 Å². The first-order valence-electron chi connectivity index (χ1n) is 8.88. The van der Waals surface area contributed by atoms with Crippen LogP contribution in [0.2, 0.25) is 0 Å². The van der Waals surface area contributed by atoms with Crippen molar-refractivity contribution in [2.24, 2.45) is 0 Å². The van der Waals surface area contributed by atoms with Crippen LogP contribution in [0, 0.1) is 10.1 Å². The highest BCUT2D eigenvalue weighted by Gasteiger charge is 2.22. The molecule has 1 fully saturated rings. The molecule has 2 rings (SSSR count). The standard InChI is InChI=1S/C17H25N3O5S2/c1-27(24,25)19(14-6-5-7-15(12-14)20(22)23)13-17(21)18-10-11-26-16-8-3-2-4-9-16/h5-7,12,16H,2-4,8-11,13H2,1H3,(H,18,21).